The van der Waals surface area contributed by atoms with E-state index in [4.69, 9.17) is 9.47 Å². The summed E-state index contributed by atoms with van der Waals surface area (Å²) in [6.45, 7) is 4.38. The molecule has 0 heterocycles. The van der Waals surface area contributed by atoms with Gasteiger partial charge in [0.15, 0.2) is 0 Å². The minimum atomic E-state index is -1.05. The van der Waals surface area contributed by atoms with Crippen LogP contribution in [-0.2, 0) is 19.6 Å². The summed E-state index contributed by atoms with van der Waals surface area (Å²) in [5.74, 6) is 0.0695. The second kappa shape index (κ2) is 11.3. The van der Waals surface area contributed by atoms with Gasteiger partial charge in [-0.25, -0.2) is 14.5 Å². The summed E-state index contributed by atoms with van der Waals surface area (Å²) < 4.78 is 9.89. The van der Waals surface area contributed by atoms with Crippen molar-refractivity contribution >= 4 is 12.1 Å². The van der Waals surface area contributed by atoms with Crippen molar-refractivity contribution in [2.24, 2.45) is 5.92 Å². The molecule has 7 nitrogen and oxygen atoms in total. The van der Waals surface area contributed by atoms with Crippen LogP contribution in [0.5, 0.6) is 5.75 Å². The van der Waals surface area contributed by atoms with Crippen LogP contribution >= 0.6 is 0 Å². The van der Waals surface area contributed by atoms with Gasteiger partial charge in [-0.15, -0.1) is 0 Å². The molecule has 7 heteroatoms. The Morgan fingerprint density at radius 3 is 2.38 bits per heavy atom. The first-order valence-corrected chi connectivity index (χ1v) is 7.97. The van der Waals surface area contributed by atoms with Crippen LogP contribution < -0.4 is 4.74 Å². The lowest BCUT2D eigenvalue weighted by Gasteiger charge is -2.13. The van der Waals surface area contributed by atoms with Gasteiger partial charge in [-0.1, -0.05) is 33.1 Å². The van der Waals surface area contributed by atoms with Crippen LogP contribution in [0.15, 0.2) is 24.3 Å². The molecule has 1 rings (SSSR count). The largest absolute Gasteiger partial charge is 0.543 e. The fraction of sp³-hybridized carbons (Fsp3) is 0.529. The zero-order valence-corrected chi connectivity index (χ0v) is 14.3. The van der Waals surface area contributed by atoms with E-state index in [0.29, 0.717) is 5.75 Å². The number of methoxy groups -OCH3 is 1. The van der Waals surface area contributed by atoms with E-state index in [2.05, 4.69) is 21.7 Å². The lowest BCUT2D eigenvalue weighted by atomic mass is 10.0. The lowest BCUT2D eigenvalue weighted by Crippen LogP contribution is -2.16. The molecule has 0 fully saturated rings. The Morgan fingerprint density at radius 2 is 1.79 bits per heavy atom. The molecule has 1 aromatic rings. The maximum absolute atomic E-state index is 11.6. The van der Waals surface area contributed by atoms with E-state index >= 15 is 0 Å². The number of carbonyl (C=O) groups is 2. The van der Waals surface area contributed by atoms with Gasteiger partial charge in [0.05, 0.1) is 24.3 Å². The van der Waals surface area contributed by atoms with Crippen molar-refractivity contribution in [2.75, 3.05) is 13.7 Å². The molecule has 1 aromatic carbocycles. The van der Waals surface area contributed by atoms with Gasteiger partial charge in [0.1, 0.15) is 5.75 Å². The third-order valence-corrected chi connectivity index (χ3v) is 3.52. The summed E-state index contributed by atoms with van der Waals surface area (Å²) in [6.07, 6.45) is 3.00. The summed E-state index contributed by atoms with van der Waals surface area (Å²) >= 11 is 0. The Bertz CT molecular complexity index is 498. The Morgan fingerprint density at radius 1 is 1.08 bits per heavy atom. The molecule has 0 aliphatic carbocycles. The third kappa shape index (κ3) is 7.32. The average Bonchev–Trinajstić information content (AvgIpc) is 2.61. The van der Waals surface area contributed by atoms with Crippen molar-refractivity contribution in [3.63, 3.8) is 0 Å². The van der Waals surface area contributed by atoms with Gasteiger partial charge >= 0.3 is 12.1 Å². The molecule has 0 bridgehead atoms. The van der Waals surface area contributed by atoms with Gasteiger partial charge in [0.2, 0.25) is 0 Å². The van der Waals surface area contributed by atoms with Crippen molar-refractivity contribution in [1.82, 2.24) is 0 Å². The Kier molecular flexibility index (Phi) is 9.29. The number of rotatable bonds is 10. The van der Waals surface area contributed by atoms with Crippen LogP contribution in [0.4, 0.5) is 4.79 Å². The molecular weight excluding hydrogens is 316 g/mol. The van der Waals surface area contributed by atoms with E-state index in [1.54, 1.807) is 12.1 Å². The van der Waals surface area contributed by atoms with Gasteiger partial charge in [-0.05, 0) is 36.6 Å². The predicted molar refractivity (Wildman–Crippen MR) is 85.2 cm³/mol. The molecule has 0 spiro atoms. The molecule has 0 aliphatic heterocycles. The molecule has 0 amide bonds. The molecule has 0 saturated carbocycles. The van der Waals surface area contributed by atoms with Crippen LogP contribution in [0, 0.1) is 5.92 Å². The summed E-state index contributed by atoms with van der Waals surface area (Å²) in [5, 5.41) is 4.16. The molecule has 0 saturated heterocycles. The van der Waals surface area contributed by atoms with E-state index in [9.17, 15) is 9.59 Å². The molecule has 134 valence electrons. The first kappa shape index (κ1) is 19.8. The molecule has 1 unspecified atom stereocenters. The number of unbranched alkanes of at least 4 members (excludes halogenated alkanes) is 1. The van der Waals surface area contributed by atoms with Crippen molar-refractivity contribution in [2.45, 2.75) is 39.5 Å². The van der Waals surface area contributed by atoms with Crippen LogP contribution in [0.25, 0.3) is 0 Å². The van der Waals surface area contributed by atoms with Gasteiger partial charge in [0, 0.05) is 0 Å². The summed E-state index contributed by atoms with van der Waals surface area (Å²) in [6, 6.07) is 6.16. The molecule has 0 N–H and O–H groups in total. The minimum absolute atomic E-state index is 0.221. The lowest BCUT2D eigenvalue weighted by molar-refractivity contribution is -0.452. The number of hydrogen-bond acceptors (Lipinski definition) is 7. The summed E-state index contributed by atoms with van der Waals surface area (Å²) in [5.41, 5.74) is 0.221. The van der Waals surface area contributed by atoms with Crippen LogP contribution in [0.3, 0.4) is 0 Å². The van der Waals surface area contributed by atoms with Crippen LogP contribution in [0.2, 0.25) is 0 Å². The van der Waals surface area contributed by atoms with Crippen molar-refractivity contribution in [3.05, 3.63) is 29.8 Å². The highest BCUT2D eigenvalue weighted by Gasteiger charge is 2.14. The first-order chi connectivity index (χ1) is 11.6. The van der Waals surface area contributed by atoms with E-state index < -0.39 is 12.1 Å². The van der Waals surface area contributed by atoms with E-state index in [-0.39, 0.29) is 18.1 Å². The van der Waals surface area contributed by atoms with Crippen molar-refractivity contribution in [3.8, 4) is 5.75 Å². The van der Waals surface area contributed by atoms with E-state index in [1.807, 2.05) is 6.92 Å². The fourth-order valence-corrected chi connectivity index (χ4v) is 1.96. The molecule has 24 heavy (non-hydrogen) atoms. The highest BCUT2D eigenvalue weighted by Crippen LogP contribution is 2.14. The molecule has 1 atom stereocenters. The Labute approximate surface area is 141 Å². The number of hydrogen-bond donors (Lipinski definition) is 0. The second-order valence-corrected chi connectivity index (χ2v) is 5.23. The van der Waals surface area contributed by atoms with Crippen LogP contribution in [0.1, 0.15) is 49.9 Å². The van der Waals surface area contributed by atoms with E-state index in [1.165, 1.54) is 19.2 Å². The maximum atomic E-state index is 11.6. The Balaban J connectivity index is 2.25. The molecule has 0 radical (unpaired) electrons. The fourth-order valence-electron chi connectivity index (χ4n) is 1.96. The quantitative estimate of drug-likeness (QED) is 0.361. The topological polar surface area (TPSA) is 80.3 Å². The number of benzene rings is 1. The molecule has 0 aliphatic rings. The standard InChI is InChI=1S/C17H24O7/c1-4-6-7-13(5-2)12-21-17(19)23-24-22-16(18)14-8-10-15(20-3)11-9-14/h8-11,13H,4-7,12H2,1-3H3. The normalized spacial score (nSPS) is 11.5. The highest BCUT2D eigenvalue weighted by atomic mass is 17.5. The van der Waals surface area contributed by atoms with Gasteiger partial charge in [-0.2, -0.15) is 0 Å². The van der Waals surface area contributed by atoms with Gasteiger partial charge in [-0.3, -0.25) is 4.89 Å². The zero-order valence-electron chi connectivity index (χ0n) is 14.3. The highest BCUT2D eigenvalue weighted by molar-refractivity contribution is 5.89. The molecular formula is C17H24O7. The van der Waals surface area contributed by atoms with Crippen molar-refractivity contribution < 1.29 is 33.9 Å². The Hall–Kier alpha value is -2.28. The summed E-state index contributed by atoms with van der Waals surface area (Å²) in [4.78, 5) is 31.6. The maximum Gasteiger partial charge on any atom is 0.543 e. The number of ether oxygens (including phenoxy) is 2. The summed E-state index contributed by atoms with van der Waals surface area (Å²) in [7, 11) is 1.52. The van der Waals surface area contributed by atoms with Gasteiger partial charge < -0.3 is 9.47 Å². The second-order valence-electron chi connectivity index (χ2n) is 5.23. The van der Waals surface area contributed by atoms with Crippen molar-refractivity contribution in [1.29, 1.82) is 0 Å². The zero-order chi connectivity index (χ0) is 17.8. The minimum Gasteiger partial charge on any atom is -0.497 e. The SMILES string of the molecule is CCCCC(CC)COC(=O)OOOC(=O)c1ccc(OC)cc1. The first-order valence-electron chi connectivity index (χ1n) is 7.97. The average molecular weight is 340 g/mol. The predicted octanol–water partition coefficient (Wildman–Crippen LogP) is 4.07. The van der Waals surface area contributed by atoms with Crippen LogP contribution in [-0.4, -0.2) is 25.8 Å². The molecule has 0 aromatic heterocycles. The third-order valence-electron chi connectivity index (χ3n) is 3.52. The monoisotopic (exact) mass is 340 g/mol. The smallest absolute Gasteiger partial charge is 0.497 e. The van der Waals surface area contributed by atoms with E-state index in [0.717, 1.165) is 25.7 Å². The van der Waals surface area contributed by atoms with Gasteiger partial charge in [0.25, 0.3) is 0 Å². The number of carbonyl (C=O) groups excluding carboxylic acids is 2.